The number of amides is 1. The van der Waals surface area contributed by atoms with E-state index in [9.17, 15) is 4.79 Å². The number of piperidine rings is 1. The van der Waals surface area contributed by atoms with Crippen molar-refractivity contribution in [3.8, 4) is 0 Å². The van der Waals surface area contributed by atoms with Crippen LogP contribution < -0.4 is 5.32 Å². The van der Waals surface area contributed by atoms with Gasteiger partial charge < -0.3 is 10.2 Å². The third kappa shape index (κ3) is 2.26. The van der Waals surface area contributed by atoms with Gasteiger partial charge in [0.1, 0.15) is 0 Å². The summed E-state index contributed by atoms with van der Waals surface area (Å²) in [6, 6.07) is 0. The number of carbonyl (C=O) groups excluding carboxylic acids is 1. The molecule has 62 valence electrons. The lowest BCUT2D eigenvalue weighted by Gasteiger charge is -2.16. The minimum Gasteiger partial charge on any atom is -0.383 e. The van der Waals surface area contributed by atoms with E-state index in [-0.39, 0.29) is 5.91 Å². The molecule has 11 heavy (non-hydrogen) atoms. The molecule has 1 aliphatic rings. The molecule has 0 aromatic rings. The lowest BCUT2D eigenvalue weighted by atomic mass is 10.1. The fourth-order valence-electron chi connectivity index (χ4n) is 1.14. The molecular weight excluding hydrogens is 140 g/mol. The van der Waals surface area contributed by atoms with Crippen molar-refractivity contribution in [2.45, 2.75) is 12.8 Å². The van der Waals surface area contributed by atoms with Crippen molar-refractivity contribution >= 4 is 5.91 Å². The summed E-state index contributed by atoms with van der Waals surface area (Å²) in [6.45, 7) is 0.823. The Kier molecular flexibility index (Phi) is 2.52. The molecule has 0 aromatic heterocycles. The molecule has 0 radical (unpaired) electrons. The van der Waals surface area contributed by atoms with E-state index in [1.165, 1.54) is 0 Å². The number of rotatable bonds is 1. The van der Waals surface area contributed by atoms with Crippen LogP contribution in [0, 0.1) is 0 Å². The van der Waals surface area contributed by atoms with Crippen LogP contribution in [0.2, 0.25) is 0 Å². The third-order valence-corrected chi connectivity index (χ3v) is 1.61. The highest BCUT2D eigenvalue weighted by atomic mass is 16.1. The average Bonchev–Trinajstić information content (AvgIpc) is 1.93. The molecular formula is C8H14N2O. The molecule has 0 unspecified atom stereocenters. The molecule has 1 fully saturated rings. The monoisotopic (exact) mass is 154 g/mol. The van der Waals surface area contributed by atoms with E-state index < -0.39 is 0 Å². The van der Waals surface area contributed by atoms with Gasteiger partial charge in [0.15, 0.2) is 0 Å². The first-order valence-corrected chi connectivity index (χ1v) is 3.85. The van der Waals surface area contributed by atoms with Crippen molar-refractivity contribution in [2.24, 2.45) is 0 Å². The van der Waals surface area contributed by atoms with E-state index in [0.717, 1.165) is 25.0 Å². The van der Waals surface area contributed by atoms with Gasteiger partial charge in [0.2, 0.25) is 5.91 Å². The van der Waals surface area contributed by atoms with E-state index in [2.05, 4.69) is 5.32 Å². The van der Waals surface area contributed by atoms with Crippen LogP contribution >= 0.6 is 0 Å². The van der Waals surface area contributed by atoms with Crippen LogP contribution in [0.1, 0.15) is 12.8 Å². The van der Waals surface area contributed by atoms with Gasteiger partial charge in [-0.15, -0.1) is 0 Å². The van der Waals surface area contributed by atoms with Crippen LogP contribution in [0.25, 0.3) is 0 Å². The van der Waals surface area contributed by atoms with Crippen LogP contribution in [-0.2, 0) is 4.79 Å². The number of nitrogens with zero attached hydrogens (tertiary/aromatic N) is 1. The van der Waals surface area contributed by atoms with Crippen LogP contribution in [0.15, 0.2) is 11.8 Å². The summed E-state index contributed by atoms with van der Waals surface area (Å²) in [7, 11) is 3.85. The minimum absolute atomic E-state index is 0.0879. The molecule has 0 spiro atoms. The second kappa shape index (κ2) is 3.42. The Morgan fingerprint density at radius 3 is 2.82 bits per heavy atom. The van der Waals surface area contributed by atoms with E-state index in [0.29, 0.717) is 0 Å². The third-order valence-electron chi connectivity index (χ3n) is 1.61. The van der Waals surface area contributed by atoms with Gasteiger partial charge in [0.25, 0.3) is 0 Å². The lowest BCUT2D eigenvalue weighted by Crippen LogP contribution is -2.31. The van der Waals surface area contributed by atoms with Gasteiger partial charge in [-0.1, -0.05) is 0 Å². The van der Waals surface area contributed by atoms with Gasteiger partial charge in [-0.2, -0.15) is 0 Å². The molecule has 1 heterocycles. The Labute approximate surface area is 67.1 Å². The minimum atomic E-state index is 0.0879. The molecule has 0 atom stereocenters. The molecule has 0 aromatic carbocycles. The SMILES string of the molecule is CN(C)C=C1CCCNC1=O. The maximum absolute atomic E-state index is 11.1. The maximum Gasteiger partial charge on any atom is 0.248 e. The van der Waals surface area contributed by atoms with Gasteiger partial charge in [-0.3, -0.25) is 4.79 Å². The fraction of sp³-hybridized carbons (Fsp3) is 0.625. The van der Waals surface area contributed by atoms with Gasteiger partial charge >= 0.3 is 0 Å². The normalized spacial score (nSPS) is 21.6. The van der Waals surface area contributed by atoms with E-state index in [1.807, 2.05) is 25.2 Å². The summed E-state index contributed by atoms with van der Waals surface area (Å²) < 4.78 is 0. The van der Waals surface area contributed by atoms with Crippen molar-refractivity contribution < 1.29 is 4.79 Å². The zero-order valence-electron chi connectivity index (χ0n) is 7.05. The standard InChI is InChI=1S/C8H14N2O/c1-10(2)6-7-4-3-5-9-8(7)11/h6H,3-5H2,1-2H3,(H,9,11). The predicted octanol–water partition coefficient (Wildman–Crippen LogP) is 0.342. The molecule has 0 aliphatic carbocycles. The highest BCUT2D eigenvalue weighted by Crippen LogP contribution is 2.09. The number of carbonyl (C=O) groups is 1. The average molecular weight is 154 g/mol. The summed E-state index contributed by atoms with van der Waals surface area (Å²) in [6.07, 6.45) is 3.85. The van der Waals surface area contributed by atoms with Gasteiger partial charge in [0.05, 0.1) is 0 Å². The smallest absolute Gasteiger partial charge is 0.248 e. The second-order valence-corrected chi connectivity index (χ2v) is 2.98. The predicted molar refractivity (Wildman–Crippen MR) is 44.0 cm³/mol. The van der Waals surface area contributed by atoms with Crippen molar-refractivity contribution in [3.05, 3.63) is 11.8 Å². The summed E-state index contributed by atoms with van der Waals surface area (Å²) in [5, 5.41) is 2.80. The quantitative estimate of drug-likeness (QED) is 0.552. The van der Waals surface area contributed by atoms with E-state index >= 15 is 0 Å². The molecule has 1 N–H and O–H groups in total. The Morgan fingerprint density at radius 2 is 2.27 bits per heavy atom. The van der Waals surface area contributed by atoms with Gasteiger partial charge in [0, 0.05) is 32.4 Å². The topological polar surface area (TPSA) is 32.3 Å². The van der Waals surface area contributed by atoms with Crippen LogP contribution in [-0.4, -0.2) is 31.4 Å². The van der Waals surface area contributed by atoms with Gasteiger partial charge in [-0.25, -0.2) is 0 Å². The Hall–Kier alpha value is -0.990. The lowest BCUT2D eigenvalue weighted by molar-refractivity contribution is -0.118. The molecule has 1 saturated heterocycles. The van der Waals surface area contributed by atoms with Crippen LogP contribution in [0.5, 0.6) is 0 Å². The number of nitrogens with one attached hydrogen (secondary N) is 1. The largest absolute Gasteiger partial charge is 0.383 e. The first-order valence-electron chi connectivity index (χ1n) is 3.85. The summed E-state index contributed by atoms with van der Waals surface area (Å²) in [4.78, 5) is 13.0. The second-order valence-electron chi connectivity index (χ2n) is 2.98. The number of hydrogen-bond donors (Lipinski definition) is 1. The molecule has 1 aliphatic heterocycles. The molecule has 1 amide bonds. The van der Waals surface area contributed by atoms with Gasteiger partial charge in [-0.05, 0) is 12.8 Å². The molecule has 0 saturated carbocycles. The highest BCUT2D eigenvalue weighted by molar-refractivity contribution is 5.93. The maximum atomic E-state index is 11.1. The Morgan fingerprint density at radius 1 is 1.55 bits per heavy atom. The summed E-state index contributed by atoms with van der Waals surface area (Å²) >= 11 is 0. The molecule has 0 bridgehead atoms. The highest BCUT2D eigenvalue weighted by Gasteiger charge is 2.13. The Balaban J connectivity index is 2.61. The molecule has 1 rings (SSSR count). The number of hydrogen-bond acceptors (Lipinski definition) is 2. The van der Waals surface area contributed by atoms with Crippen molar-refractivity contribution in [3.63, 3.8) is 0 Å². The summed E-state index contributed by atoms with van der Waals surface area (Å²) in [5.41, 5.74) is 0.890. The van der Waals surface area contributed by atoms with Crippen LogP contribution in [0.4, 0.5) is 0 Å². The molecule has 3 nitrogen and oxygen atoms in total. The fourth-order valence-corrected chi connectivity index (χ4v) is 1.14. The van der Waals surface area contributed by atoms with E-state index in [1.54, 1.807) is 0 Å². The van der Waals surface area contributed by atoms with E-state index in [4.69, 9.17) is 0 Å². The first-order chi connectivity index (χ1) is 5.20. The van der Waals surface area contributed by atoms with Crippen LogP contribution in [0.3, 0.4) is 0 Å². The van der Waals surface area contributed by atoms with Crippen molar-refractivity contribution in [1.29, 1.82) is 0 Å². The molecule has 3 heteroatoms. The zero-order chi connectivity index (χ0) is 8.27. The van der Waals surface area contributed by atoms with Crippen molar-refractivity contribution in [2.75, 3.05) is 20.6 Å². The van der Waals surface area contributed by atoms with Crippen molar-refractivity contribution in [1.82, 2.24) is 10.2 Å². The Bertz CT molecular complexity index is 185. The first kappa shape index (κ1) is 8.11. The zero-order valence-corrected chi connectivity index (χ0v) is 7.05. The summed E-state index contributed by atoms with van der Waals surface area (Å²) in [5.74, 6) is 0.0879.